The Labute approximate surface area is 74.0 Å². The van der Waals surface area contributed by atoms with Crippen molar-refractivity contribution in [1.29, 1.82) is 0 Å². The molecule has 2 atom stereocenters. The van der Waals surface area contributed by atoms with E-state index in [9.17, 15) is 0 Å². The second-order valence-electron chi connectivity index (χ2n) is 2.79. The van der Waals surface area contributed by atoms with E-state index in [0.29, 0.717) is 0 Å². The Morgan fingerprint density at radius 3 is 1.30 bits per heavy atom. The van der Waals surface area contributed by atoms with Gasteiger partial charge in [0.15, 0.2) is 0 Å². The third-order valence-electron chi connectivity index (χ3n) is 2.17. The first kappa shape index (κ1) is 10.5. The molecular formula is C6H14Cl2N2. The van der Waals surface area contributed by atoms with Gasteiger partial charge >= 0.3 is 0 Å². The van der Waals surface area contributed by atoms with Crippen LogP contribution < -0.4 is 10.6 Å². The van der Waals surface area contributed by atoms with Crippen LogP contribution in [-0.4, -0.2) is 25.2 Å². The molecule has 10 heavy (non-hydrogen) atoms. The molecule has 4 heteroatoms. The Kier molecular flexibility index (Phi) is 4.61. The normalized spacial score (nSPS) is 36.0. The van der Waals surface area contributed by atoms with Crippen molar-refractivity contribution in [2.75, 3.05) is 13.1 Å². The summed E-state index contributed by atoms with van der Waals surface area (Å²) < 4.78 is 0. The SMILES string of the molecule is C1C[C@@H]2CN[C@H]1CN2.Cl.Cl. The number of hydrogen-bond acceptors (Lipinski definition) is 2. The summed E-state index contributed by atoms with van der Waals surface area (Å²) in [7, 11) is 0. The second-order valence-corrected chi connectivity index (χ2v) is 2.79. The van der Waals surface area contributed by atoms with Gasteiger partial charge in [-0.3, -0.25) is 0 Å². The van der Waals surface area contributed by atoms with Crippen molar-refractivity contribution in [2.45, 2.75) is 24.9 Å². The maximum atomic E-state index is 3.46. The van der Waals surface area contributed by atoms with Crippen LogP contribution >= 0.6 is 24.8 Å². The van der Waals surface area contributed by atoms with Crippen LogP contribution in [0.2, 0.25) is 0 Å². The summed E-state index contributed by atoms with van der Waals surface area (Å²) in [5, 5.41) is 6.91. The van der Waals surface area contributed by atoms with Gasteiger partial charge < -0.3 is 10.6 Å². The van der Waals surface area contributed by atoms with E-state index in [4.69, 9.17) is 0 Å². The van der Waals surface area contributed by atoms with Crippen LogP contribution in [0.1, 0.15) is 12.8 Å². The van der Waals surface area contributed by atoms with E-state index in [1.807, 2.05) is 0 Å². The zero-order chi connectivity index (χ0) is 5.40. The van der Waals surface area contributed by atoms with Crippen molar-refractivity contribution in [2.24, 2.45) is 0 Å². The molecule has 3 aliphatic rings. The minimum Gasteiger partial charge on any atom is -0.311 e. The number of piperidine rings is 2. The molecule has 0 aromatic rings. The zero-order valence-corrected chi connectivity index (χ0v) is 7.43. The molecule has 3 fully saturated rings. The van der Waals surface area contributed by atoms with E-state index in [1.165, 1.54) is 25.9 Å². The second kappa shape index (κ2) is 4.39. The van der Waals surface area contributed by atoms with E-state index in [-0.39, 0.29) is 24.8 Å². The number of fused-ring (bicyclic) bond motifs is 3. The lowest BCUT2D eigenvalue weighted by atomic mass is 9.96. The summed E-state index contributed by atoms with van der Waals surface area (Å²) in [4.78, 5) is 0. The highest BCUT2D eigenvalue weighted by atomic mass is 35.5. The first-order valence-corrected chi connectivity index (χ1v) is 3.42. The lowest BCUT2D eigenvalue weighted by Gasteiger charge is -2.37. The van der Waals surface area contributed by atoms with Crippen LogP contribution in [0, 0.1) is 0 Å². The van der Waals surface area contributed by atoms with Gasteiger partial charge in [0.2, 0.25) is 0 Å². The van der Waals surface area contributed by atoms with Crippen molar-refractivity contribution in [3.63, 3.8) is 0 Å². The van der Waals surface area contributed by atoms with Crippen molar-refractivity contribution in [1.82, 2.24) is 10.6 Å². The monoisotopic (exact) mass is 184 g/mol. The molecule has 0 aliphatic carbocycles. The third-order valence-corrected chi connectivity index (χ3v) is 2.17. The third kappa shape index (κ3) is 1.99. The molecule has 0 saturated carbocycles. The van der Waals surface area contributed by atoms with Crippen LogP contribution in [0.4, 0.5) is 0 Å². The fourth-order valence-corrected chi connectivity index (χ4v) is 1.57. The number of nitrogens with one attached hydrogen (secondary N) is 2. The predicted molar refractivity (Wildman–Crippen MR) is 47.3 cm³/mol. The molecule has 0 aromatic heterocycles. The summed E-state index contributed by atoms with van der Waals surface area (Å²) >= 11 is 0. The minimum absolute atomic E-state index is 0. The predicted octanol–water partition coefficient (Wildman–Crippen LogP) is 0.554. The Morgan fingerprint density at radius 1 is 0.800 bits per heavy atom. The van der Waals surface area contributed by atoms with Crippen molar-refractivity contribution in [3.8, 4) is 0 Å². The fraction of sp³-hybridized carbons (Fsp3) is 1.00. The Morgan fingerprint density at radius 2 is 1.20 bits per heavy atom. The van der Waals surface area contributed by atoms with Crippen molar-refractivity contribution in [3.05, 3.63) is 0 Å². The van der Waals surface area contributed by atoms with Gasteiger partial charge in [-0.05, 0) is 12.8 Å². The first-order valence-electron chi connectivity index (χ1n) is 3.42. The molecule has 62 valence electrons. The van der Waals surface area contributed by atoms with Gasteiger partial charge in [0.1, 0.15) is 0 Å². The first-order chi connectivity index (χ1) is 3.95. The quantitative estimate of drug-likeness (QED) is 0.576. The molecule has 2 N–H and O–H groups in total. The van der Waals surface area contributed by atoms with E-state index < -0.39 is 0 Å². The topological polar surface area (TPSA) is 24.1 Å². The summed E-state index contributed by atoms with van der Waals surface area (Å²) in [6.45, 7) is 2.40. The summed E-state index contributed by atoms with van der Waals surface area (Å²) in [5.74, 6) is 0. The lowest BCUT2D eigenvalue weighted by Crippen LogP contribution is -2.58. The molecule has 0 radical (unpaired) electrons. The summed E-state index contributed by atoms with van der Waals surface area (Å²) in [6, 6.07) is 1.58. The van der Waals surface area contributed by atoms with Crippen molar-refractivity contribution < 1.29 is 0 Å². The van der Waals surface area contributed by atoms with E-state index in [2.05, 4.69) is 10.6 Å². The molecule has 2 bridgehead atoms. The molecule has 2 nitrogen and oxygen atoms in total. The maximum Gasteiger partial charge on any atom is 0.0193 e. The van der Waals surface area contributed by atoms with Crippen LogP contribution in [0.5, 0.6) is 0 Å². The Bertz CT molecular complexity index is 68.7. The standard InChI is InChI=1S/C6H12N2.2ClH/c1-2-6-4-7-5(1)3-8-6;;/h5-8H,1-4H2;2*1H/t5-,6-;;/m1../s1. The van der Waals surface area contributed by atoms with Gasteiger partial charge in [0.25, 0.3) is 0 Å². The lowest BCUT2D eigenvalue weighted by molar-refractivity contribution is 0.251. The molecule has 0 unspecified atom stereocenters. The van der Waals surface area contributed by atoms with Crippen LogP contribution in [0.25, 0.3) is 0 Å². The largest absolute Gasteiger partial charge is 0.311 e. The van der Waals surface area contributed by atoms with Crippen molar-refractivity contribution >= 4 is 24.8 Å². The molecule has 3 aliphatic heterocycles. The van der Waals surface area contributed by atoms with Gasteiger partial charge in [-0.1, -0.05) is 0 Å². The van der Waals surface area contributed by atoms with Crippen LogP contribution in [0.3, 0.4) is 0 Å². The van der Waals surface area contributed by atoms with Crippen LogP contribution in [0.15, 0.2) is 0 Å². The number of hydrogen-bond donors (Lipinski definition) is 2. The fourth-order valence-electron chi connectivity index (χ4n) is 1.57. The van der Waals surface area contributed by atoms with Gasteiger partial charge in [-0.2, -0.15) is 0 Å². The maximum absolute atomic E-state index is 3.46. The highest BCUT2D eigenvalue weighted by molar-refractivity contribution is 5.85. The summed E-state index contributed by atoms with van der Waals surface area (Å²) in [5.41, 5.74) is 0. The molecule has 0 aromatic carbocycles. The molecule has 3 saturated heterocycles. The zero-order valence-electron chi connectivity index (χ0n) is 5.80. The highest BCUT2D eigenvalue weighted by Crippen LogP contribution is 2.12. The van der Waals surface area contributed by atoms with E-state index in [1.54, 1.807) is 0 Å². The average Bonchev–Trinajstić information content (AvgIpc) is 1.92. The van der Waals surface area contributed by atoms with Gasteiger partial charge in [-0.15, -0.1) is 24.8 Å². The highest BCUT2D eigenvalue weighted by Gasteiger charge is 2.25. The Balaban J connectivity index is 0.000000405. The molecule has 3 rings (SSSR count). The smallest absolute Gasteiger partial charge is 0.0193 e. The van der Waals surface area contributed by atoms with Crippen LogP contribution in [-0.2, 0) is 0 Å². The van der Waals surface area contributed by atoms with E-state index >= 15 is 0 Å². The number of rotatable bonds is 0. The van der Waals surface area contributed by atoms with Gasteiger partial charge in [0, 0.05) is 25.2 Å². The molecule has 3 heterocycles. The number of halogens is 2. The summed E-state index contributed by atoms with van der Waals surface area (Å²) in [6.07, 6.45) is 2.77. The van der Waals surface area contributed by atoms with E-state index in [0.717, 1.165) is 12.1 Å². The molecule has 0 spiro atoms. The van der Waals surface area contributed by atoms with Gasteiger partial charge in [0.05, 0.1) is 0 Å². The minimum atomic E-state index is 0. The average molecular weight is 185 g/mol. The molecular weight excluding hydrogens is 171 g/mol. The van der Waals surface area contributed by atoms with Gasteiger partial charge in [-0.25, -0.2) is 0 Å². The molecule has 0 amide bonds. The number of piperazine rings is 1. The Hall–Kier alpha value is 0.500.